The molecule has 2 N–H and O–H groups in total. The van der Waals surface area contributed by atoms with Crippen LogP contribution < -0.4 is 20.1 Å². The van der Waals surface area contributed by atoms with Gasteiger partial charge >= 0.3 is 0 Å². The number of ether oxygens (including phenoxy) is 2. The van der Waals surface area contributed by atoms with E-state index in [1.54, 1.807) is 44.9 Å². The van der Waals surface area contributed by atoms with Crippen LogP contribution in [0.5, 0.6) is 11.5 Å². The summed E-state index contributed by atoms with van der Waals surface area (Å²) in [7, 11) is 3.15. The minimum absolute atomic E-state index is 0.0573. The molecule has 25 heavy (non-hydrogen) atoms. The number of hydrogen-bond donors (Lipinski definition) is 2. The summed E-state index contributed by atoms with van der Waals surface area (Å²) in [6.07, 6.45) is 6.89. The fraction of sp³-hybridized carbons (Fsp3) is 0.444. The van der Waals surface area contributed by atoms with Crippen LogP contribution >= 0.6 is 0 Å². The molecule has 0 fully saturated rings. The number of imidazole rings is 1. The van der Waals surface area contributed by atoms with Crippen LogP contribution in [-0.4, -0.2) is 42.3 Å². The summed E-state index contributed by atoms with van der Waals surface area (Å²) in [5.41, 5.74) is 0.639. The molecule has 136 valence electrons. The normalized spacial score (nSPS) is 11.8. The van der Waals surface area contributed by atoms with Gasteiger partial charge in [-0.15, -0.1) is 0 Å². The number of nitrogens with one attached hydrogen (secondary N) is 2. The highest BCUT2D eigenvalue weighted by Gasteiger charge is 2.12. The molecule has 2 rings (SSSR count). The molecule has 0 bridgehead atoms. The Morgan fingerprint density at radius 2 is 2.16 bits per heavy atom. The first kappa shape index (κ1) is 18.8. The minimum Gasteiger partial charge on any atom is -0.497 e. The van der Waals surface area contributed by atoms with Crippen LogP contribution in [0.15, 0.2) is 36.9 Å². The monoisotopic (exact) mass is 346 g/mol. The highest BCUT2D eigenvalue weighted by Crippen LogP contribution is 2.29. The van der Waals surface area contributed by atoms with Crippen LogP contribution in [0.1, 0.15) is 19.8 Å². The maximum Gasteiger partial charge on any atom is 0.226 e. The lowest BCUT2D eigenvalue weighted by Gasteiger charge is -2.15. The lowest BCUT2D eigenvalue weighted by molar-refractivity contribution is -0.116. The number of amides is 1. The van der Waals surface area contributed by atoms with E-state index in [0.717, 1.165) is 19.5 Å². The van der Waals surface area contributed by atoms with Crippen molar-refractivity contribution in [1.82, 2.24) is 14.9 Å². The van der Waals surface area contributed by atoms with Crippen LogP contribution in [0.25, 0.3) is 0 Å². The number of nitrogens with zero attached hydrogens (tertiary/aromatic N) is 2. The molecular formula is C18H26N4O3. The average molecular weight is 346 g/mol. The van der Waals surface area contributed by atoms with Crippen molar-refractivity contribution in [2.75, 3.05) is 26.1 Å². The summed E-state index contributed by atoms with van der Waals surface area (Å²) < 4.78 is 12.5. The third-order valence-corrected chi connectivity index (χ3v) is 3.82. The van der Waals surface area contributed by atoms with E-state index in [4.69, 9.17) is 9.47 Å². The SMILES string of the molecule is COc1ccc(NC(=O)CC(C)NCCCn2ccnc2)c(OC)c1. The predicted molar refractivity (Wildman–Crippen MR) is 97.1 cm³/mol. The molecule has 0 radical (unpaired) electrons. The van der Waals surface area contributed by atoms with Crippen molar-refractivity contribution in [3.05, 3.63) is 36.9 Å². The Hall–Kier alpha value is -2.54. The molecule has 0 saturated carbocycles. The fourth-order valence-electron chi connectivity index (χ4n) is 2.48. The number of anilines is 1. The van der Waals surface area contributed by atoms with E-state index in [1.165, 1.54) is 0 Å². The molecule has 0 aliphatic carbocycles. The molecule has 1 aromatic carbocycles. The molecule has 0 aliphatic heterocycles. The number of carbonyl (C=O) groups is 1. The molecule has 0 aliphatic rings. The third kappa shape index (κ3) is 6.11. The summed E-state index contributed by atoms with van der Waals surface area (Å²) in [6, 6.07) is 5.40. The quantitative estimate of drug-likeness (QED) is 0.646. The van der Waals surface area contributed by atoms with E-state index in [2.05, 4.69) is 15.6 Å². The standard InChI is InChI=1S/C18H26N4O3/c1-14(20-7-4-9-22-10-8-19-13-22)11-18(23)21-16-6-5-15(24-2)12-17(16)25-3/h5-6,8,10,12-14,20H,4,7,9,11H2,1-3H3,(H,21,23). The lowest BCUT2D eigenvalue weighted by atomic mass is 10.2. The average Bonchev–Trinajstić information content (AvgIpc) is 3.12. The number of aromatic nitrogens is 2. The van der Waals surface area contributed by atoms with Gasteiger partial charge in [-0.2, -0.15) is 0 Å². The van der Waals surface area contributed by atoms with Gasteiger partial charge in [0.05, 0.1) is 26.2 Å². The maximum atomic E-state index is 12.2. The van der Waals surface area contributed by atoms with Crippen molar-refractivity contribution < 1.29 is 14.3 Å². The first-order valence-electron chi connectivity index (χ1n) is 8.33. The van der Waals surface area contributed by atoms with Gasteiger partial charge in [-0.05, 0) is 32.0 Å². The number of benzene rings is 1. The Kier molecular flexibility index (Phi) is 7.28. The molecule has 1 atom stereocenters. The Morgan fingerprint density at radius 1 is 1.32 bits per heavy atom. The highest BCUT2D eigenvalue weighted by atomic mass is 16.5. The van der Waals surface area contributed by atoms with Gasteiger partial charge in [0.2, 0.25) is 5.91 Å². The molecule has 1 amide bonds. The largest absolute Gasteiger partial charge is 0.497 e. The number of methoxy groups -OCH3 is 2. The molecule has 1 unspecified atom stereocenters. The summed E-state index contributed by atoms with van der Waals surface area (Å²) in [4.78, 5) is 16.2. The first-order valence-corrected chi connectivity index (χ1v) is 8.33. The second-order valence-corrected chi connectivity index (χ2v) is 5.83. The van der Waals surface area contributed by atoms with E-state index in [9.17, 15) is 4.79 Å². The molecule has 7 heteroatoms. The van der Waals surface area contributed by atoms with Gasteiger partial charge in [-0.1, -0.05) is 0 Å². The Bertz CT molecular complexity index is 658. The zero-order valence-electron chi connectivity index (χ0n) is 15.0. The van der Waals surface area contributed by atoms with Gasteiger partial charge in [0.15, 0.2) is 0 Å². The van der Waals surface area contributed by atoms with Crippen molar-refractivity contribution in [2.24, 2.45) is 0 Å². The van der Waals surface area contributed by atoms with Gasteiger partial charge < -0.3 is 24.7 Å². The zero-order chi connectivity index (χ0) is 18.1. The van der Waals surface area contributed by atoms with Crippen LogP contribution in [0.4, 0.5) is 5.69 Å². The van der Waals surface area contributed by atoms with Crippen molar-refractivity contribution in [3.8, 4) is 11.5 Å². The Morgan fingerprint density at radius 3 is 2.84 bits per heavy atom. The molecule has 0 saturated heterocycles. The number of rotatable bonds is 10. The van der Waals surface area contributed by atoms with Crippen molar-refractivity contribution in [2.45, 2.75) is 32.4 Å². The van der Waals surface area contributed by atoms with Crippen LogP contribution in [-0.2, 0) is 11.3 Å². The van der Waals surface area contributed by atoms with E-state index < -0.39 is 0 Å². The van der Waals surface area contributed by atoms with Crippen LogP contribution in [0.2, 0.25) is 0 Å². The fourth-order valence-corrected chi connectivity index (χ4v) is 2.48. The Labute approximate surface area is 148 Å². The topological polar surface area (TPSA) is 77.4 Å². The second-order valence-electron chi connectivity index (χ2n) is 5.83. The predicted octanol–water partition coefficient (Wildman–Crippen LogP) is 2.30. The number of hydrogen-bond acceptors (Lipinski definition) is 5. The molecular weight excluding hydrogens is 320 g/mol. The molecule has 7 nitrogen and oxygen atoms in total. The van der Waals surface area contributed by atoms with Crippen molar-refractivity contribution in [3.63, 3.8) is 0 Å². The molecule has 1 aromatic heterocycles. The van der Waals surface area contributed by atoms with E-state index >= 15 is 0 Å². The number of carbonyl (C=O) groups excluding carboxylic acids is 1. The van der Waals surface area contributed by atoms with Crippen LogP contribution in [0, 0.1) is 0 Å². The van der Waals surface area contributed by atoms with E-state index in [1.807, 2.05) is 17.7 Å². The number of aryl methyl sites for hydroxylation is 1. The summed E-state index contributed by atoms with van der Waals surface area (Å²) in [6.45, 7) is 3.76. The van der Waals surface area contributed by atoms with Crippen molar-refractivity contribution in [1.29, 1.82) is 0 Å². The van der Waals surface area contributed by atoms with Gasteiger partial charge in [0.1, 0.15) is 11.5 Å². The molecule has 1 heterocycles. The molecule has 0 spiro atoms. The summed E-state index contributed by atoms with van der Waals surface area (Å²) in [5, 5.41) is 6.25. The van der Waals surface area contributed by atoms with Gasteiger partial charge in [0.25, 0.3) is 0 Å². The van der Waals surface area contributed by atoms with Gasteiger partial charge in [0, 0.05) is 37.5 Å². The summed E-state index contributed by atoms with van der Waals surface area (Å²) in [5.74, 6) is 1.20. The maximum absolute atomic E-state index is 12.2. The van der Waals surface area contributed by atoms with Gasteiger partial charge in [-0.3, -0.25) is 4.79 Å². The van der Waals surface area contributed by atoms with Crippen LogP contribution in [0.3, 0.4) is 0 Å². The summed E-state index contributed by atoms with van der Waals surface area (Å²) >= 11 is 0. The highest BCUT2D eigenvalue weighted by molar-refractivity contribution is 5.92. The zero-order valence-corrected chi connectivity index (χ0v) is 15.0. The Balaban J connectivity index is 1.73. The van der Waals surface area contributed by atoms with E-state index in [-0.39, 0.29) is 11.9 Å². The minimum atomic E-state index is -0.0573. The third-order valence-electron chi connectivity index (χ3n) is 3.82. The lowest BCUT2D eigenvalue weighted by Crippen LogP contribution is -2.31. The van der Waals surface area contributed by atoms with Crippen molar-refractivity contribution >= 4 is 11.6 Å². The van der Waals surface area contributed by atoms with E-state index in [0.29, 0.717) is 23.6 Å². The molecule has 2 aromatic rings. The first-order chi connectivity index (χ1) is 12.1. The smallest absolute Gasteiger partial charge is 0.226 e. The second kappa shape index (κ2) is 9.68. The van der Waals surface area contributed by atoms with Gasteiger partial charge in [-0.25, -0.2) is 4.98 Å².